The average Bonchev–Trinajstić information content (AvgIpc) is 2.16. The van der Waals surface area contributed by atoms with E-state index in [4.69, 9.17) is 9.84 Å². The molecule has 0 atom stereocenters. The fourth-order valence-corrected chi connectivity index (χ4v) is 1.52. The van der Waals surface area contributed by atoms with Crippen LogP contribution < -0.4 is 4.74 Å². The predicted octanol–water partition coefficient (Wildman–Crippen LogP) is 1.87. The first-order valence-electron chi connectivity index (χ1n) is 4.74. The molecule has 0 bridgehead atoms. The summed E-state index contributed by atoms with van der Waals surface area (Å²) in [4.78, 5) is 10.4. The van der Waals surface area contributed by atoms with Gasteiger partial charge in [-0.3, -0.25) is 4.79 Å². The van der Waals surface area contributed by atoms with Crippen molar-refractivity contribution in [3.05, 3.63) is 23.0 Å². The summed E-state index contributed by atoms with van der Waals surface area (Å²) in [5.74, 6) is -2.19. The molecule has 5 heteroatoms. The second-order valence-corrected chi connectivity index (χ2v) is 3.43. The van der Waals surface area contributed by atoms with Gasteiger partial charge in [-0.1, -0.05) is 0 Å². The maximum Gasteiger partial charge on any atom is 0.303 e. The molecule has 0 fully saturated rings. The SMILES string of the molecule is COc1c(F)cc(C)c(CCC(=O)O)c1O. The number of carboxylic acids is 1. The van der Waals surface area contributed by atoms with E-state index in [1.807, 2.05) is 0 Å². The van der Waals surface area contributed by atoms with Crippen molar-refractivity contribution < 1.29 is 24.1 Å². The Kier molecular flexibility index (Phi) is 3.71. The molecule has 0 amide bonds. The lowest BCUT2D eigenvalue weighted by Crippen LogP contribution is -2.01. The highest BCUT2D eigenvalue weighted by molar-refractivity contribution is 5.67. The van der Waals surface area contributed by atoms with E-state index in [-0.39, 0.29) is 24.3 Å². The molecular weight excluding hydrogens is 215 g/mol. The molecule has 1 aromatic rings. The Balaban J connectivity index is 3.12. The van der Waals surface area contributed by atoms with E-state index < -0.39 is 11.8 Å². The first kappa shape index (κ1) is 12.3. The third-order valence-electron chi connectivity index (χ3n) is 2.33. The molecule has 16 heavy (non-hydrogen) atoms. The molecule has 0 aliphatic heterocycles. The highest BCUT2D eigenvalue weighted by Crippen LogP contribution is 2.35. The minimum atomic E-state index is -0.970. The van der Waals surface area contributed by atoms with Crippen LogP contribution in [0.15, 0.2) is 6.07 Å². The highest BCUT2D eigenvalue weighted by atomic mass is 19.1. The van der Waals surface area contributed by atoms with Gasteiger partial charge in [0.05, 0.1) is 7.11 Å². The number of hydrogen-bond donors (Lipinski definition) is 2. The maximum atomic E-state index is 13.3. The van der Waals surface area contributed by atoms with Crippen molar-refractivity contribution in [2.24, 2.45) is 0 Å². The Morgan fingerprint density at radius 2 is 2.19 bits per heavy atom. The number of carbonyl (C=O) groups is 1. The zero-order chi connectivity index (χ0) is 12.3. The van der Waals surface area contributed by atoms with Crippen molar-refractivity contribution in [2.45, 2.75) is 19.8 Å². The van der Waals surface area contributed by atoms with Gasteiger partial charge in [0.1, 0.15) is 0 Å². The first-order valence-corrected chi connectivity index (χ1v) is 4.74. The number of phenolic OH excluding ortho intramolecular Hbond substituents is 1. The zero-order valence-electron chi connectivity index (χ0n) is 9.08. The minimum Gasteiger partial charge on any atom is -0.504 e. The van der Waals surface area contributed by atoms with Gasteiger partial charge in [0, 0.05) is 12.0 Å². The van der Waals surface area contributed by atoms with Gasteiger partial charge in [-0.05, 0) is 25.0 Å². The number of ether oxygens (including phenoxy) is 1. The molecule has 88 valence electrons. The summed E-state index contributed by atoms with van der Waals surface area (Å²) >= 11 is 0. The number of phenols is 1. The van der Waals surface area contributed by atoms with Crippen LogP contribution in [-0.2, 0) is 11.2 Å². The number of aliphatic carboxylic acids is 1. The van der Waals surface area contributed by atoms with Gasteiger partial charge in [0.15, 0.2) is 17.3 Å². The summed E-state index contributed by atoms with van der Waals surface area (Å²) in [5.41, 5.74) is 0.915. The van der Waals surface area contributed by atoms with Crippen LogP contribution in [0, 0.1) is 12.7 Å². The second kappa shape index (κ2) is 4.83. The number of halogens is 1. The van der Waals surface area contributed by atoms with E-state index in [1.165, 1.54) is 13.2 Å². The Morgan fingerprint density at radius 3 is 2.69 bits per heavy atom. The minimum absolute atomic E-state index is 0.122. The predicted molar refractivity (Wildman–Crippen MR) is 55.3 cm³/mol. The topological polar surface area (TPSA) is 66.8 Å². The highest BCUT2D eigenvalue weighted by Gasteiger charge is 2.16. The smallest absolute Gasteiger partial charge is 0.303 e. The number of methoxy groups -OCH3 is 1. The van der Waals surface area contributed by atoms with Crippen LogP contribution in [0.5, 0.6) is 11.5 Å². The van der Waals surface area contributed by atoms with E-state index >= 15 is 0 Å². The Labute approximate surface area is 92.3 Å². The Morgan fingerprint density at radius 1 is 1.56 bits per heavy atom. The molecule has 0 spiro atoms. The van der Waals surface area contributed by atoms with Crippen LogP contribution >= 0.6 is 0 Å². The zero-order valence-corrected chi connectivity index (χ0v) is 9.08. The van der Waals surface area contributed by atoms with Gasteiger partial charge >= 0.3 is 5.97 Å². The second-order valence-electron chi connectivity index (χ2n) is 3.43. The molecule has 0 saturated heterocycles. The maximum absolute atomic E-state index is 13.3. The molecule has 2 N–H and O–H groups in total. The number of rotatable bonds is 4. The summed E-state index contributed by atoms with van der Waals surface area (Å²) in [5, 5.41) is 18.3. The lowest BCUT2D eigenvalue weighted by atomic mass is 10.0. The molecule has 0 saturated carbocycles. The normalized spacial score (nSPS) is 10.2. The monoisotopic (exact) mass is 228 g/mol. The third kappa shape index (κ3) is 2.42. The van der Waals surface area contributed by atoms with Crippen LogP contribution in [0.2, 0.25) is 0 Å². The van der Waals surface area contributed by atoms with Crippen LogP contribution in [0.1, 0.15) is 17.5 Å². The number of aryl methyl sites for hydroxylation is 1. The summed E-state index contributed by atoms with van der Waals surface area (Å²) in [6.45, 7) is 1.61. The molecule has 0 heterocycles. The summed E-state index contributed by atoms with van der Waals surface area (Å²) in [6.07, 6.45) is 0.0207. The number of hydrogen-bond acceptors (Lipinski definition) is 3. The van der Waals surface area contributed by atoms with Gasteiger partial charge in [0.2, 0.25) is 0 Å². The average molecular weight is 228 g/mol. The third-order valence-corrected chi connectivity index (χ3v) is 2.33. The molecule has 1 rings (SSSR count). The van der Waals surface area contributed by atoms with Gasteiger partial charge in [-0.15, -0.1) is 0 Å². The van der Waals surface area contributed by atoms with Crippen LogP contribution in [-0.4, -0.2) is 23.3 Å². The van der Waals surface area contributed by atoms with Gasteiger partial charge in [-0.2, -0.15) is 0 Å². The number of benzene rings is 1. The summed E-state index contributed by atoms with van der Waals surface area (Å²) < 4.78 is 18.0. The van der Waals surface area contributed by atoms with E-state index in [0.717, 1.165) is 0 Å². The van der Waals surface area contributed by atoms with Crippen LogP contribution in [0.4, 0.5) is 4.39 Å². The molecule has 0 aromatic heterocycles. The van der Waals surface area contributed by atoms with Gasteiger partial charge in [-0.25, -0.2) is 4.39 Å². The van der Waals surface area contributed by atoms with Gasteiger partial charge < -0.3 is 14.9 Å². The van der Waals surface area contributed by atoms with Crippen LogP contribution in [0.25, 0.3) is 0 Å². The van der Waals surface area contributed by atoms with E-state index in [2.05, 4.69) is 0 Å². The summed E-state index contributed by atoms with van der Waals surface area (Å²) in [7, 11) is 1.24. The molecule has 0 unspecified atom stereocenters. The molecule has 0 aliphatic rings. The van der Waals surface area contributed by atoms with Crippen molar-refractivity contribution in [1.29, 1.82) is 0 Å². The van der Waals surface area contributed by atoms with Crippen molar-refractivity contribution in [2.75, 3.05) is 7.11 Å². The van der Waals surface area contributed by atoms with E-state index in [9.17, 15) is 14.3 Å². The number of carboxylic acid groups (broad SMARTS) is 1. The van der Waals surface area contributed by atoms with E-state index in [0.29, 0.717) is 11.1 Å². The van der Waals surface area contributed by atoms with Gasteiger partial charge in [0.25, 0.3) is 0 Å². The molecule has 0 radical (unpaired) electrons. The fourth-order valence-electron chi connectivity index (χ4n) is 1.52. The lowest BCUT2D eigenvalue weighted by molar-refractivity contribution is -0.136. The van der Waals surface area contributed by atoms with Crippen molar-refractivity contribution in [1.82, 2.24) is 0 Å². The first-order chi connectivity index (χ1) is 7.47. The van der Waals surface area contributed by atoms with Crippen molar-refractivity contribution in [3.8, 4) is 11.5 Å². The quantitative estimate of drug-likeness (QED) is 0.825. The Bertz CT molecular complexity index is 415. The van der Waals surface area contributed by atoms with Crippen molar-refractivity contribution >= 4 is 5.97 Å². The number of aromatic hydroxyl groups is 1. The molecule has 0 aliphatic carbocycles. The van der Waals surface area contributed by atoms with Crippen LogP contribution in [0.3, 0.4) is 0 Å². The molecule has 1 aromatic carbocycles. The molecule has 4 nitrogen and oxygen atoms in total. The standard InChI is InChI=1S/C11H13FO4/c1-6-5-8(12)11(16-2)10(15)7(6)3-4-9(13)14/h5,15H,3-4H2,1-2H3,(H,13,14). The summed E-state index contributed by atoms with van der Waals surface area (Å²) in [6, 6.07) is 1.22. The Hall–Kier alpha value is -1.78. The molecular formula is C11H13FO4. The van der Waals surface area contributed by atoms with Crippen molar-refractivity contribution in [3.63, 3.8) is 0 Å². The lowest BCUT2D eigenvalue weighted by Gasteiger charge is -2.12. The van der Waals surface area contributed by atoms with E-state index in [1.54, 1.807) is 6.92 Å². The fraction of sp³-hybridized carbons (Fsp3) is 0.364. The largest absolute Gasteiger partial charge is 0.504 e.